The summed E-state index contributed by atoms with van der Waals surface area (Å²) < 4.78 is 3.77. The smallest absolute Gasteiger partial charge is 0.255 e. The van der Waals surface area contributed by atoms with Gasteiger partial charge in [0.15, 0.2) is 0 Å². The summed E-state index contributed by atoms with van der Waals surface area (Å²) >= 11 is 0. The molecule has 1 aliphatic rings. The Morgan fingerprint density at radius 3 is 2.48 bits per heavy atom. The lowest BCUT2D eigenvalue weighted by Gasteiger charge is -2.44. The zero-order valence-corrected chi connectivity index (χ0v) is 16.9. The molecule has 7 heteroatoms. The molecule has 0 N–H and O–H groups in total. The van der Waals surface area contributed by atoms with Gasteiger partial charge in [0.2, 0.25) is 5.91 Å². The van der Waals surface area contributed by atoms with Gasteiger partial charge in [-0.2, -0.15) is 9.50 Å². The number of carbonyl (C=O) groups is 1. The number of hydrogen-bond acceptors (Lipinski definition) is 4. The number of anilines is 1. The average Bonchev–Trinajstić information content (AvgIpc) is 3.28. The fraction of sp³-hybridized carbons (Fsp3) is 0.273. The van der Waals surface area contributed by atoms with Crippen molar-refractivity contribution in [3.05, 3.63) is 60.0 Å². The zero-order chi connectivity index (χ0) is 20.3. The number of β-lactam (4-membered cyclic amide) rings is 1. The summed E-state index contributed by atoms with van der Waals surface area (Å²) in [7, 11) is 0. The molecule has 1 aromatic carbocycles. The Kier molecular flexibility index (Phi) is 3.65. The zero-order valence-electron chi connectivity index (χ0n) is 16.9. The normalized spacial score (nSPS) is 15.7. The van der Waals surface area contributed by atoms with Gasteiger partial charge in [-0.1, -0.05) is 12.1 Å². The van der Waals surface area contributed by atoms with E-state index in [-0.39, 0.29) is 11.3 Å². The van der Waals surface area contributed by atoms with E-state index in [1.54, 1.807) is 10.7 Å². The molecule has 146 valence electrons. The molecule has 1 saturated heterocycles. The minimum atomic E-state index is -0.284. The topological polar surface area (TPSA) is 68.3 Å². The van der Waals surface area contributed by atoms with Gasteiger partial charge in [0.05, 0.1) is 11.1 Å². The molecule has 5 rings (SSSR count). The molecule has 4 heterocycles. The van der Waals surface area contributed by atoms with E-state index in [2.05, 4.69) is 9.97 Å². The van der Waals surface area contributed by atoms with Gasteiger partial charge < -0.3 is 4.90 Å². The van der Waals surface area contributed by atoms with Crippen LogP contribution >= 0.6 is 0 Å². The summed E-state index contributed by atoms with van der Waals surface area (Å²) in [5, 5.41) is 4.73. The molecule has 0 unspecified atom stereocenters. The highest BCUT2D eigenvalue weighted by Crippen LogP contribution is 2.36. The van der Waals surface area contributed by atoms with E-state index in [9.17, 15) is 4.79 Å². The fourth-order valence-corrected chi connectivity index (χ4v) is 3.93. The molecule has 1 amide bonds. The van der Waals surface area contributed by atoms with Crippen LogP contribution < -0.4 is 4.90 Å². The Morgan fingerprint density at radius 2 is 1.79 bits per heavy atom. The van der Waals surface area contributed by atoms with E-state index in [1.165, 1.54) is 0 Å². The van der Waals surface area contributed by atoms with Crippen LogP contribution in [0.1, 0.15) is 25.2 Å². The van der Waals surface area contributed by atoms with E-state index < -0.39 is 0 Å². The first-order valence-electron chi connectivity index (χ1n) is 9.65. The highest BCUT2D eigenvalue weighted by Gasteiger charge is 2.44. The first-order chi connectivity index (χ1) is 13.8. The number of nitrogens with zero attached hydrogens (tertiary/aromatic N) is 6. The Balaban J connectivity index is 1.60. The molecule has 0 bridgehead atoms. The maximum absolute atomic E-state index is 12.4. The van der Waals surface area contributed by atoms with Crippen molar-refractivity contribution in [1.82, 2.24) is 24.1 Å². The number of amides is 1. The molecule has 3 aromatic heterocycles. The third kappa shape index (κ3) is 2.65. The Bertz CT molecular complexity index is 1250. The Labute approximate surface area is 168 Å². The van der Waals surface area contributed by atoms with Crippen LogP contribution in [-0.4, -0.2) is 36.6 Å². The van der Waals surface area contributed by atoms with Crippen LogP contribution in [0.3, 0.4) is 0 Å². The summed E-state index contributed by atoms with van der Waals surface area (Å²) in [4.78, 5) is 23.3. The number of benzene rings is 1. The van der Waals surface area contributed by atoms with Gasteiger partial charge in [-0.3, -0.25) is 9.36 Å². The van der Waals surface area contributed by atoms with Gasteiger partial charge >= 0.3 is 0 Å². The first-order valence-corrected chi connectivity index (χ1v) is 9.65. The molecular weight excluding hydrogens is 364 g/mol. The molecule has 29 heavy (non-hydrogen) atoms. The third-order valence-corrected chi connectivity index (χ3v) is 5.53. The van der Waals surface area contributed by atoms with Gasteiger partial charge in [-0.25, -0.2) is 4.98 Å². The van der Waals surface area contributed by atoms with Crippen molar-refractivity contribution in [3.8, 4) is 17.2 Å². The monoisotopic (exact) mass is 386 g/mol. The van der Waals surface area contributed by atoms with Crippen LogP contribution in [0, 0.1) is 19.3 Å². The molecule has 0 radical (unpaired) electrons. The second kappa shape index (κ2) is 6.01. The van der Waals surface area contributed by atoms with Crippen LogP contribution in [-0.2, 0) is 4.79 Å². The van der Waals surface area contributed by atoms with E-state index in [1.807, 2.05) is 79.6 Å². The van der Waals surface area contributed by atoms with Crippen LogP contribution in [0.5, 0.6) is 0 Å². The molecular formula is C22H22N6O. The Hall–Kier alpha value is -3.48. The number of carbonyl (C=O) groups excluding carboxylic acids is 1. The maximum Gasteiger partial charge on any atom is 0.255 e. The summed E-state index contributed by atoms with van der Waals surface area (Å²) in [6.45, 7) is 8.74. The lowest BCUT2D eigenvalue weighted by Crippen LogP contribution is -2.58. The molecule has 1 fully saturated rings. The van der Waals surface area contributed by atoms with Crippen LogP contribution in [0.25, 0.3) is 23.0 Å². The average molecular weight is 386 g/mol. The van der Waals surface area contributed by atoms with Crippen molar-refractivity contribution in [2.24, 2.45) is 5.41 Å². The van der Waals surface area contributed by atoms with Crippen LogP contribution in [0.4, 0.5) is 5.69 Å². The number of aryl methyl sites for hydroxylation is 2. The van der Waals surface area contributed by atoms with Gasteiger partial charge in [0.1, 0.15) is 0 Å². The van der Waals surface area contributed by atoms with E-state index >= 15 is 0 Å². The number of fused-ring (bicyclic) bond motifs is 1. The van der Waals surface area contributed by atoms with Crippen LogP contribution in [0.15, 0.2) is 48.7 Å². The second-order valence-electron chi connectivity index (χ2n) is 8.23. The van der Waals surface area contributed by atoms with E-state index in [4.69, 9.17) is 5.10 Å². The quantitative estimate of drug-likeness (QED) is 0.505. The molecule has 0 atom stereocenters. The van der Waals surface area contributed by atoms with Crippen LogP contribution in [0.2, 0.25) is 0 Å². The van der Waals surface area contributed by atoms with Crippen molar-refractivity contribution < 1.29 is 4.79 Å². The van der Waals surface area contributed by atoms with E-state index in [0.29, 0.717) is 11.7 Å². The minimum Gasteiger partial charge on any atom is -0.311 e. The van der Waals surface area contributed by atoms with Crippen molar-refractivity contribution >= 4 is 17.4 Å². The fourth-order valence-electron chi connectivity index (χ4n) is 3.93. The molecule has 0 spiro atoms. The van der Waals surface area contributed by atoms with Gasteiger partial charge in [0.25, 0.3) is 11.7 Å². The minimum absolute atomic E-state index is 0.149. The van der Waals surface area contributed by atoms with Crippen molar-refractivity contribution in [2.45, 2.75) is 27.7 Å². The highest BCUT2D eigenvalue weighted by molar-refractivity contribution is 6.04. The predicted molar refractivity (Wildman–Crippen MR) is 111 cm³/mol. The second-order valence-corrected chi connectivity index (χ2v) is 8.23. The number of aromatic nitrogens is 5. The largest absolute Gasteiger partial charge is 0.311 e. The molecule has 7 nitrogen and oxygen atoms in total. The number of rotatable bonds is 3. The first kappa shape index (κ1) is 17.6. The summed E-state index contributed by atoms with van der Waals surface area (Å²) in [5.74, 6) is 1.29. The SMILES string of the molecule is Cc1ccc(C)n1-c1nc2nccc(-c3cccc(N4CC(C)(C)C4=O)c3)n2n1. The summed E-state index contributed by atoms with van der Waals surface area (Å²) in [6.07, 6.45) is 1.74. The number of hydrogen-bond donors (Lipinski definition) is 0. The van der Waals surface area contributed by atoms with Crippen molar-refractivity contribution in [1.29, 1.82) is 0 Å². The highest BCUT2D eigenvalue weighted by atomic mass is 16.2. The summed E-state index contributed by atoms with van der Waals surface area (Å²) in [5.41, 5.74) is 4.60. The maximum atomic E-state index is 12.4. The molecule has 0 saturated carbocycles. The van der Waals surface area contributed by atoms with Crippen molar-refractivity contribution in [3.63, 3.8) is 0 Å². The lowest BCUT2D eigenvalue weighted by molar-refractivity contribution is -0.132. The molecule has 0 aliphatic carbocycles. The Morgan fingerprint density at radius 1 is 1.03 bits per heavy atom. The summed E-state index contributed by atoms with van der Waals surface area (Å²) in [6, 6.07) is 14.0. The predicted octanol–water partition coefficient (Wildman–Crippen LogP) is 3.57. The standard InChI is InChI=1S/C22H22N6O/c1-14-8-9-15(2)27(14)21-24-20-23-11-10-18(28(20)25-21)16-6-5-7-17(12-16)26-13-22(3,4)19(26)29/h5-12H,13H2,1-4H3. The van der Waals surface area contributed by atoms with Crippen molar-refractivity contribution in [2.75, 3.05) is 11.4 Å². The van der Waals surface area contributed by atoms with Gasteiger partial charge in [0, 0.05) is 35.4 Å². The van der Waals surface area contributed by atoms with Gasteiger partial charge in [-0.05, 0) is 58.0 Å². The van der Waals surface area contributed by atoms with Gasteiger partial charge in [-0.15, -0.1) is 5.10 Å². The third-order valence-electron chi connectivity index (χ3n) is 5.53. The molecule has 1 aliphatic heterocycles. The van der Waals surface area contributed by atoms with E-state index in [0.717, 1.165) is 34.9 Å². The lowest BCUT2D eigenvalue weighted by atomic mass is 9.82. The molecule has 4 aromatic rings.